The van der Waals surface area contributed by atoms with E-state index in [1.54, 1.807) is 24.7 Å². The van der Waals surface area contributed by atoms with Crippen molar-refractivity contribution in [3.63, 3.8) is 0 Å². The molecular weight excluding hydrogens is 191 g/mol. The van der Waals surface area contributed by atoms with E-state index in [0.29, 0.717) is 16.8 Å². The maximum Gasteiger partial charge on any atom is 0.136 e. The molecule has 2 aromatic rings. The minimum Gasteiger partial charge on any atom is -0.345 e. The molecule has 15 heavy (non-hydrogen) atoms. The van der Waals surface area contributed by atoms with Gasteiger partial charge in [-0.3, -0.25) is 0 Å². The van der Waals surface area contributed by atoms with Gasteiger partial charge < -0.3 is 4.98 Å². The third-order valence-corrected chi connectivity index (χ3v) is 2.33. The second-order valence-electron chi connectivity index (χ2n) is 3.74. The highest BCUT2D eigenvalue weighted by Gasteiger charge is 2.12. The van der Waals surface area contributed by atoms with Crippen molar-refractivity contribution < 1.29 is 4.39 Å². The molecule has 0 aliphatic carbocycles. The summed E-state index contributed by atoms with van der Waals surface area (Å²) < 4.78 is 14.0. The van der Waals surface area contributed by atoms with Gasteiger partial charge in [0.25, 0.3) is 0 Å². The molecule has 1 aromatic carbocycles. The first kappa shape index (κ1) is 9.90. The molecule has 3 heteroatoms. The smallest absolute Gasteiger partial charge is 0.136 e. The van der Waals surface area contributed by atoms with Gasteiger partial charge in [0, 0.05) is 5.56 Å². The van der Waals surface area contributed by atoms with E-state index in [0.717, 1.165) is 0 Å². The third kappa shape index (κ3) is 1.77. The summed E-state index contributed by atoms with van der Waals surface area (Å²) in [7, 11) is 0. The molecule has 0 fully saturated rings. The van der Waals surface area contributed by atoms with Crippen molar-refractivity contribution in [2.45, 2.75) is 19.8 Å². The number of imidazole rings is 1. The van der Waals surface area contributed by atoms with Gasteiger partial charge in [-0.15, -0.1) is 0 Å². The zero-order valence-electron chi connectivity index (χ0n) is 8.71. The van der Waals surface area contributed by atoms with Crippen LogP contribution < -0.4 is 0 Å². The Bertz CT molecular complexity index is 447. The van der Waals surface area contributed by atoms with Crippen LogP contribution in [0.1, 0.15) is 25.3 Å². The van der Waals surface area contributed by atoms with Crippen molar-refractivity contribution in [1.82, 2.24) is 9.97 Å². The number of H-pyrrole nitrogens is 1. The van der Waals surface area contributed by atoms with Gasteiger partial charge in [-0.2, -0.15) is 0 Å². The Morgan fingerprint density at radius 1 is 1.47 bits per heavy atom. The van der Waals surface area contributed by atoms with Crippen LogP contribution in [0.15, 0.2) is 24.7 Å². The van der Waals surface area contributed by atoms with E-state index in [4.69, 9.17) is 0 Å². The van der Waals surface area contributed by atoms with E-state index in [1.807, 2.05) is 13.8 Å². The first-order valence-electron chi connectivity index (χ1n) is 4.89. The molecule has 0 saturated heterocycles. The predicted octanol–water partition coefficient (Wildman–Crippen LogP) is 3.14. The molecule has 0 spiro atoms. The van der Waals surface area contributed by atoms with Gasteiger partial charge in [-0.05, 0) is 23.6 Å². The molecular formula is C12H12FN2. The van der Waals surface area contributed by atoms with Crippen molar-refractivity contribution in [2.75, 3.05) is 0 Å². The zero-order chi connectivity index (χ0) is 10.8. The molecule has 1 radical (unpaired) electrons. The number of hydrogen-bond acceptors (Lipinski definition) is 1. The van der Waals surface area contributed by atoms with E-state index >= 15 is 0 Å². The quantitative estimate of drug-likeness (QED) is 0.798. The molecule has 1 aromatic heterocycles. The number of aromatic amines is 1. The molecule has 1 N–H and O–H groups in total. The van der Waals surface area contributed by atoms with E-state index in [2.05, 4.69) is 16.0 Å². The first-order valence-corrected chi connectivity index (χ1v) is 4.89. The normalized spacial score (nSPS) is 10.9. The van der Waals surface area contributed by atoms with Gasteiger partial charge in [0.2, 0.25) is 0 Å². The SMILES string of the molecule is CC(C)c1[c]ccc(-c2cnc[nH]2)c1F. The summed E-state index contributed by atoms with van der Waals surface area (Å²) in [6, 6.07) is 6.38. The highest BCUT2D eigenvalue weighted by atomic mass is 19.1. The van der Waals surface area contributed by atoms with Gasteiger partial charge in [0.05, 0.1) is 18.2 Å². The predicted molar refractivity (Wildman–Crippen MR) is 56.9 cm³/mol. The molecule has 0 bridgehead atoms. The van der Waals surface area contributed by atoms with Crippen LogP contribution in [-0.2, 0) is 0 Å². The lowest BCUT2D eigenvalue weighted by atomic mass is 9.99. The maximum absolute atomic E-state index is 14.0. The fourth-order valence-electron chi connectivity index (χ4n) is 1.53. The second kappa shape index (κ2) is 3.85. The van der Waals surface area contributed by atoms with Gasteiger partial charge in [-0.25, -0.2) is 9.37 Å². The van der Waals surface area contributed by atoms with E-state index in [1.165, 1.54) is 0 Å². The van der Waals surface area contributed by atoms with Crippen LogP contribution in [0, 0.1) is 11.9 Å². The molecule has 1 heterocycles. The van der Waals surface area contributed by atoms with Crippen molar-refractivity contribution in [3.8, 4) is 11.3 Å². The lowest BCUT2D eigenvalue weighted by Gasteiger charge is -2.09. The average molecular weight is 203 g/mol. The molecule has 2 nitrogen and oxygen atoms in total. The summed E-state index contributed by atoms with van der Waals surface area (Å²) in [5.74, 6) is -0.0791. The van der Waals surface area contributed by atoms with Crippen LogP contribution in [0.4, 0.5) is 4.39 Å². The number of rotatable bonds is 2. The van der Waals surface area contributed by atoms with Crippen molar-refractivity contribution >= 4 is 0 Å². The number of nitrogens with one attached hydrogen (secondary N) is 1. The van der Waals surface area contributed by atoms with Crippen LogP contribution in [0.5, 0.6) is 0 Å². The Labute approximate surface area is 88.2 Å². The summed E-state index contributed by atoms with van der Waals surface area (Å²) in [6.45, 7) is 3.90. The molecule has 0 atom stereocenters. The summed E-state index contributed by atoms with van der Waals surface area (Å²) in [5, 5.41) is 0. The molecule has 0 amide bonds. The van der Waals surface area contributed by atoms with Crippen molar-refractivity contribution in [1.29, 1.82) is 0 Å². The number of aromatic nitrogens is 2. The Hall–Kier alpha value is -1.64. The highest BCUT2D eigenvalue weighted by molar-refractivity contribution is 5.60. The molecule has 0 unspecified atom stereocenters. The Morgan fingerprint density at radius 3 is 2.87 bits per heavy atom. The highest BCUT2D eigenvalue weighted by Crippen LogP contribution is 2.26. The van der Waals surface area contributed by atoms with Gasteiger partial charge in [-0.1, -0.05) is 19.9 Å². The summed E-state index contributed by atoms with van der Waals surface area (Å²) in [4.78, 5) is 6.78. The Kier molecular flexibility index (Phi) is 2.54. The largest absolute Gasteiger partial charge is 0.345 e. The van der Waals surface area contributed by atoms with E-state index < -0.39 is 0 Å². The van der Waals surface area contributed by atoms with E-state index in [-0.39, 0.29) is 11.7 Å². The van der Waals surface area contributed by atoms with Crippen LogP contribution in [0.3, 0.4) is 0 Å². The number of benzene rings is 1. The lowest BCUT2D eigenvalue weighted by molar-refractivity contribution is 0.600. The molecule has 0 aliphatic heterocycles. The molecule has 0 aliphatic rings. The summed E-state index contributed by atoms with van der Waals surface area (Å²) in [6.07, 6.45) is 3.16. The van der Waals surface area contributed by atoms with Crippen LogP contribution in [0.25, 0.3) is 11.3 Å². The fraction of sp³-hybridized carbons (Fsp3) is 0.250. The maximum atomic E-state index is 14.0. The summed E-state index contributed by atoms with van der Waals surface area (Å²) in [5.41, 5.74) is 1.86. The number of nitrogens with zero attached hydrogens (tertiary/aromatic N) is 1. The number of halogens is 1. The standard InChI is InChI=1S/C12H12FN2/c1-8(2)9-4-3-5-10(12(9)13)11-6-14-7-15-11/h3,5-8H,1-2H3,(H,14,15). The van der Waals surface area contributed by atoms with Crippen molar-refractivity contribution in [2.24, 2.45) is 0 Å². The Morgan fingerprint density at radius 2 is 2.27 bits per heavy atom. The molecule has 0 saturated carbocycles. The Balaban J connectivity index is 2.54. The van der Waals surface area contributed by atoms with Crippen LogP contribution in [-0.4, -0.2) is 9.97 Å². The topological polar surface area (TPSA) is 28.7 Å². The van der Waals surface area contributed by atoms with E-state index in [9.17, 15) is 4.39 Å². The monoisotopic (exact) mass is 203 g/mol. The third-order valence-electron chi connectivity index (χ3n) is 2.33. The van der Waals surface area contributed by atoms with Crippen molar-refractivity contribution in [3.05, 3.63) is 42.1 Å². The van der Waals surface area contributed by atoms with Gasteiger partial charge in [0.1, 0.15) is 5.82 Å². The van der Waals surface area contributed by atoms with Gasteiger partial charge >= 0.3 is 0 Å². The summed E-state index contributed by atoms with van der Waals surface area (Å²) >= 11 is 0. The first-order chi connectivity index (χ1) is 7.20. The zero-order valence-corrected chi connectivity index (χ0v) is 8.71. The van der Waals surface area contributed by atoms with Gasteiger partial charge in [0.15, 0.2) is 0 Å². The second-order valence-corrected chi connectivity index (χ2v) is 3.74. The fourth-order valence-corrected chi connectivity index (χ4v) is 1.53. The molecule has 77 valence electrons. The van der Waals surface area contributed by atoms with Crippen LogP contribution in [0.2, 0.25) is 0 Å². The molecule has 2 rings (SSSR count). The lowest BCUT2D eigenvalue weighted by Crippen LogP contribution is -1.95. The minimum atomic E-state index is -0.211. The van der Waals surface area contributed by atoms with Crippen LogP contribution >= 0.6 is 0 Å². The average Bonchev–Trinajstić information content (AvgIpc) is 2.70. The number of hydrogen-bond donors (Lipinski definition) is 1. The minimum absolute atomic E-state index is 0.132.